The maximum Gasteiger partial charge on any atom is 0.237 e. The minimum absolute atomic E-state index is 0.118. The van der Waals surface area contributed by atoms with Crippen LogP contribution in [0.2, 0.25) is 0 Å². The van der Waals surface area contributed by atoms with Gasteiger partial charge in [-0.25, -0.2) is 0 Å². The highest BCUT2D eigenvalue weighted by Gasteiger charge is 2.17. The van der Waals surface area contributed by atoms with Gasteiger partial charge in [-0.3, -0.25) is 9.59 Å². The number of thioether (sulfide) groups is 1. The Kier molecular flexibility index (Phi) is 7.09. The third kappa shape index (κ3) is 5.81. The molecule has 0 heterocycles. The maximum atomic E-state index is 12.4. The minimum atomic E-state index is -0.339. The number of hydrogen-bond donors (Lipinski definition) is 2. The second kappa shape index (κ2) is 9.29. The van der Waals surface area contributed by atoms with E-state index >= 15 is 0 Å². The van der Waals surface area contributed by atoms with Crippen LogP contribution in [-0.4, -0.2) is 36.9 Å². The highest BCUT2D eigenvalue weighted by molar-refractivity contribution is 8.01. The minimum Gasteiger partial charge on any atom is -0.376 e. The number of hydrogen-bond acceptors (Lipinski definition) is 4. The van der Waals surface area contributed by atoms with E-state index in [4.69, 9.17) is 0 Å². The SMILES string of the molecule is Cc1ccc(NC(=O)CSC(C)C(=O)Nc2ccccc2N(C)C)cc1. The lowest BCUT2D eigenvalue weighted by Gasteiger charge is -2.19. The second-order valence-electron chi connectivity index (χ2n) is 6.27. The molecule has 0 aliphatic heterocycles. The molecule has 2 aromatic rings. The fourth-order valence-corrected chi connectivity index (χ4v) is 3.00. The zero-order valence-corrected chi connectivity index (χ0v) is 16.4. The summed E-state index contributed by atoms with van der Waals surface area (Å²) >= 11 is 1.31. The Hall–Kier alpha value is -2.47. The van der Waals surface area contributed by atoms with Gasteiger partial charge in [-0.2, -0.15) is 0 Å². The van der Waals surface area contributed by atoms with Crippen LogP contribution in [0.3, 0.4) is 0 Å². The molecule has 0 saturated heterocycles. The molecule has 0 spiro atoms. The number of anilines is 3. The van der Waals surface area contributed by atoms with Crippen LogP contribution in [0, 0.1) is 6.92 Å². The van der Waals surface area contributed by atoms with Crippen LogP contribution in [0.15, 0.2) is 48.5 Å². The number of benzene rings is 2. The fraction of sp³-hybridized carbons (Fsp3) is 0.300. The monoisotopic (exact) mass is 371 g/mol. The number of amides is 2. The van der Waals surface area contributed by atoms with Crippen molar-refractivity contribution in [1.82, 2.24) is 0 Å². The van der Waals surface area contributed by atoms with Gasteiger partial charge in [0.15, 0.2) is 0 Å². The Balaban J connectivity index is 1.85. The van der Waals surface area contributed by atoms with Gasteiger partial charge in [0.2, 0.25) is 11.8 Å². The van der Waals surface area contributed by atoms with E-state index in [1.165, 1.54) is 11.8 Å². The highest BCUT2D eigenvalue weighted by atomic mass is 32.2. The lowest BCUT2D eigenvalue weighted by molar-refractivity contribution is -0.115. The molecule has 2 N–H and O–H groups in total. The average molecular weight is 372 g/mol. The summed E-state index contributed by atoms with van der Waals surface area (Å²) in [6.07, 6.45) is 0. The molecule has 0 aliphatic carbocycles. The van der Waals surface area contributed by atoms with Crippen LogP contribution < -0.4 is 15.5 Å². The zero-order valence-electron chi connectivity index (χ0n) is 15.6. The summed E-state index contributed by atoms with van der Waals surface area (Å²) < 4.78 is 0. The molecule has 2 rings (SSSR count). The normalized spacial score (nSPS) is 11.5. The van der Waals surface area contributed by atoms with E-state index in [-0.39, 0.29) is 22.8 Å². The van der Waals surface area contributed by atoms with Gasteiger partial charge in [-0.05, 0) is 38.1 Å². The predicted octanol–water partition coefficient (Wildman–Crippen LogP) is 3.76. The molecule has 0 aliphatic rings. The lowest BCUT2D eigenvalue weighted by Crippen LogP contribution is -2.26. The summed E-state index contributed by atoms with van der Waals surface area (Å²) in [7, 11) is 3.86. The summed E-state index contributed by atoms with van der Waals surface area (Å²) in [6.45, 7) is 3.80. The summed E-state index contributed by atoms with van der Waals surface area (Å²) in [5, 5.41) is 5.44. The largest absolute Gasteiger partial charge is 0.376 e. The van der Waals surface area contributed by atoms with Gasteiger partial charge in [-0.15, -0.1) is 11.8 Å². The molecule has 1 atom stereocenters. The van der Waals surface area contributed by atoms with Gasteiger partial charge in [0.1, 0.15) is 0 Å². The van der Waals surface area contributed by atoms with Crippen LogP contribution in [0.1, 0.15) is 12.5 Å². The number of carbonyl (C=O) groups is 2. The van der Waals surface area contributed by atoms with Crippen molar-refractivity contribution < 1.29 is 9.59 Å². The Labute approximate surface area is 159 Å². The Bertz CT molecular complexity index is 760. The molecule has 138 valence electrons. The molecule has 2 amide bonds. The quantitative estimate of drug-likeness (QED) is 0.778. The van der Waals surface area contributed by atoms with Crippen molar-refractivity contribution in [3.05, 3.63) is 54.1 Å². The zero-order chi connectivity index (χ0) is 19.1. The van der Waals surface area contributed by atoms with Gasteiger partial charge in [0.05, 0.1) is 22.4 Å². The fourth-order valence-electron chi connectivity index (χ4n) is 2.31. The van der Waals surface area contributed by atoms with E-state index in [2.05, 4.69) is 10.6 Å². The first-order chi connectivity index (χ1) is 12.4. The van der Waals surface area contributed by atoms with Crippen LogP contribution in [0.4, 0.5) is 17.1 Å². The van der Waals surface area contributed by atoms with Gasteiger partial charge >= 0.3 is 0 Å². The molecule has 5 nitrogen and oxygen atoms in total. The van der Waals surface area contributed by atoms with Crippen molar-refractivity contribution in [2.75, 3.05) is 35.4 Å². The number of nitrogens with zero attached hydrogens (tertiary/aromatic N) is 1. The number of carbonyl (C=O) groups excluding carboxylic acids is 2. The van der Waals surface area contributed by atoms with Crippen LogP contribution >= 0.6 is 11.8 Å². The van der Waals surface area contributed by atoms with Gasteiger partial charge < -0.3 is 15.5 Å². The van der Waals surface area contributed by atoms with E-state index < -0.39 is 0 Å². The third-order valence-corrected chi connectivity index (χ3v) is 4.96. The van der Waals surface area contributed by atoms with E-state index in [1.54, 1.807) is 6.92 Å². The van der Waals surface area contributed by atoms with E-state index in [1.807, 2.05) is 74.4 Å². The van der Waals surface area contributed by atoms with Crippen molar-refractivity contribution >= 4 is 40.6 Å². The first-order valence-electron chi connectivity index (χ1n) is 8.42. The Morgan fingerprint density at radius 3 is 2.35 bits per heavy atom. The van der Waals surface area contributed by atoms with Gasteiger partial charge in [0.25, 0.3) is 0 Å². The first-order valence-corrected chi connectivity index (χ1v) is 9.47. The molecule has 1 unspecified atom stereocenters. The summed E-state index contributed by atoms with van der Waals surface area (Å²) in [4.78, 5) is 26.4. The first kappa shape index (κ1) is 19.8. The molecule has 0 saturated carbocycles. The maximum absolute atomic E-state index is 12.4. The summed E-state index contributed by atoms with van der Waals surface area (Å²) in [5.41, 5.74) is 3.60. The molecule has 0 aromatic heterocycles. The number of nitrogens with one attached hydrogen (secondary N) is 2. The second-order valence-corrected chi connectivity index (χ2v) is 7.60. The molecule has 2 aromatic carbocycles. The van der Waals surface area contributed by atoms with Gasteiger partial charge in [-0.1, -0.05) is 29.8 Å². The van der Waals surface area contributed by atoms with Crippen molar-refractivity contribution in [3.63, 3.8) is 0 Å². The predicted molar refractivity (Wildman–Crippen MR) is 111 cm³/mol. The van der Waals surface area contributed by atoms with Crippen molar-refractivity contribution in [2.45, 2.75) is 19.1 Å². The van der Waals surface area contributed by atoms with Crippen LogP contribution in [-0.2, 0) is 9.59 Å². The standard InChI is InChI=1S/C20H25N3O2S/c1-14-9-11-16(12-10-14)21-19(24)13-26-15(2)20(25)22-17-7-5-6-8-18(17)23(3)4/h5-12,15H,13H2,1-4H3,(H,21,24)(H,22,25). The van der Waals surface area contributed by atoms with Crippen molar-refractivity contribution in [2.24, 2.45) is 0 Å². The van der Waals surface area contributed by atoms with Crippen molar-refractivity contribution in [3.8, 4) is 0 Å². The number of aryl methyl sites for hydroxylation is 1. The third-order valence-electron chi connectivity index (χ3n) is 3.81. The van der Waals surface area contributed by atoms with Crippen LogP contribution in [0.5, 0.6) is 0 Å². The Morgan fingerprint density at radius 1 is 1.04 bits per heavy atom. The van der Waals surface area contributed by atoms with Crippen LogP contribution in [0.25, 0.3) is 0 Å². The van der Waals surface area contributed by atoms with E-state index in [9.17, 15) is 9.59 Å². The molecular formula is C20H25N3O2S. The smallest absolute Gasteiger partial charge is 0.237 e. The highest BCUT2D eigenvalue weighted by Crippen LogP contribution is 2.24. The van der Waals surface area contributed by atoms with E-state index in [0.29, 0.717) is 0 Å². The molecule has 26 heavy (non-hydrogen) atoms. The van der Waals surface area contributed by atoms with E-state index in [0.717, 1.165) is 22.6 Å². The summed E-state index contributed by atoms with van der Waals surface area (Å²) in [5.74, 6) is -0.0164. The topological polar surface area (TPSA) is 61.4 Å². The molecule has 0 bridgehead atoms. The lowest BCUT2D eigenvalue weighted by atomic mass is 10.2. The average Bonchev–Trinajstić information content (AvgIpc) is 2.61. The molecule has 6 heteroatoms. The number of para-hydroxylation sites is 2. The molecule has 0 fully saturated rings. The number of rotatable bonds is 7. The molecular weight excluding hydrogens is 346 g/mol. The van der Waals surface area contributed by atoms with Gasteiger partial charge in [0, 0.05) is 19.8 Å². The Morgan fingerprint density at radius 2 is 1.69 bits per heavy atom. The molecule has 0 radical (unpaired) electrons. The van der Waals surface area contributed by atoms with Crippen molar-refractivity contribution in [1.29, 1.82) is 0 Å². The summed E-state index contributed by atoms with van der Waals surface area (Å²) in [6, 6.07) is 15.3.